The minimum absolute atomic E-state index is 0.271. The number of hydrogen-bond donors (Lipinski definition) is 2. The van der Waals surface area contributed by atoms with Gasteiger partial charge in [-0.1, -0.05) is 0 Å². The lowest BCUT2D eigenvalue weighted by Crippen LogP contribution is -2.26. The van der Waals surface area contributed by atoms with E-state index < -0.39 is 6.09 Å². The molecule has 0 saturated heterocycles. The third-order valence-corrected chi connectivity index (χ3v) is 4.99. The molecule has 2 aromatic carbocycles. The van der Waals surface area contributed by atoms with E-state index in [1.807, 2.05) is 25.1 Å². The molecule has 3 rings (SSSR count). The molecule has 0 fully saturated rings. The Bertz CT molecular complexity index is 1220. The molecule has 0 radical (unpaired) electrons. The van der Waals surface area contributed by atoms with Gasteiger partial charge >= 0.3 is 6.09 Å². The number of hydrogen-bond acceptors (Lipinski definition) is 5. The zero-order valence-electron chi connectivity index (χ0n) is 19.6. The van der Waals surface area contributed by atoms with Crippen molar-refractivity contribution in [2.75, 3.05) is 20.8 Å². The van der Waals surface area contributed by atoms with Crippen molar-refractivity contribution in [1.29, 1.82) is 0 Å². The minimum atomic E-state index is -1.28. The van der Waals surface area contributed by atoms with Gasteiger partial charge in [0, 0.05) is 37.6 Å². The van der Waals surface area contributed by atoms with Gasteiger partial charge in [0.15, 0.2) is 0 Å². The highest BCUT2D eigenvalue weighted by Gasteiger charge is 2.12. The van der Waals surface area contributed by atoms with E-state index in [4.69, 9.17) is 19.3 Å². The van der Waals surface area contributed by atoms with Crippen LogP contribution in [0.25, 0.3) is 0 Å². The van der Waals surface area contributed by atoms with Gasteiger partial charge in [0.05, 0.1) is 27.4 Å². The molecule has 10 heteroatoms. The summed E-state index contributed by atoms with van der Waals surface area (Å²) in [6.45, 7) is 2.88. The fourth-order valence-corrected chi connectivity index (χ4v) is 3.45. The zero-order valence-corrected chi connectivity index (χ0v) is 19.6. The SMILES string of the molecule is CCOc1cc(Cn2ccn(C)c2=NC(=O)O)cc(C(=O)NCc2cc(OC)cc(OC)c2)c1. The first-order valence-electron chi connectivity index (χ1n) is 10.6. The first kappa shape index (κ1) is 24.4. The second kappa shape index (κ2) is 11.1. The average Bonchev–Trinajstić information content (AvgIpc) is 3.15. The van der Waals surface area contributed by atoms with Crippen molar-refractivity contribution in [3.63, 3.8) is 0 Å². The number of carbonyl (C=O) groups is 2. The predicted octanol–water partition coefficient (Wildman–Crippen LogP) is 2.80. The number of amides is 2. The average molecular weight is 469 g/mol. The van der Waals surface area contributed by atoms with Crippen molar-refractivity contribution in [3.05, 3.63) is 71.1 Å². The molecule has 0 aliphatic rings. The third-order valence-electron chi connectivity index (χ3n) is 4.99. The Morgan fingerprint density at radius 2 is 1.65 bits per heavy atom. The number of methoxy groups -OCH3 is 2. The van der Waals surface area contributed by atoms with Crippen molar-refractivity contribution < 1.29 is 28.9 Å². The molecule has 0 atom stereocenters. The number of carbonyl (C=O) groups excluding carboxylic acids is 1. The van der Waals surface area contributed by atoms with Crippen LogP contribution in [0.5, 0.6) is 17.2 Å². The summed E-state index contributed by atoms with van der Waals surface area (Å²) in [7, 11) is 4.84. The molecular formula is C24H28N4O6. The van der Waals surface area contributed by atoms with Gasteiger partial charge in [-0.25, -0.2) is 4.79 Å². The van der Waals surface area contributed by atoms with Crippen LogP contribution in [0.15, 0.2) is 53.8 Å². The molecule has 1 aromatic heterocycles. The van der Waals surface area contributed by atoms with Crippen molar-refractivity contribution in [2.45, 2.75) is 20.0 Å². The Kier molecular flexibility index (Phi) is 7.96. The Balaban J connectivity index is 1.85. The highest BCUT2D eigenvalue weighted by atomic mass is 16.5. The summed E-state index contributed by atoms with van der Waals surface area (Å²) in [6, 6.07) is 10.6. The van der Waals surface area contributed by atoms with Crippen molar-refractivity contribution in [1.82, 2.24) is 14.5 Å². The van der Waals surface area contributed by atoms with Crippen LogP contribution in [-0.4, -0.2) is 47.1 Å². The number of rotatable bonds is 9. The molecule has 0 saturated carbocycles. The third kappa shape index (κ3) is 6.18. The molecule has 10 nitrogen and oxygen atoms in total. The van der Waals surface area contributed by atoms with Crippen LogP contribution in [0.4, 0.5) is 4.79 Å². The van der Waals surface area contributed by atoms with Crippen molar-refractivity contribution in [2.24, 2.45) is 12.0 Å². The summed E-state index contributed by atoms with van der Waals surface area (Å²) in [5.74, 6) is 1.53. The first-order chi connectivity index (χ1) is 16.3. The monoisotopic (exact) mass is 468 g/mol. The fraction of sp³-hybridized carbons (Fsp3) is 0.292. The Labute approximate surface area is 197 Å². The van der Waals surface area contributed by atoms with Gasteiger partial charge in [0.1, 0.15) is 17.2 Å². The van der Waals surface area contributed by atoms with E-state index in [1.54, 1.807) is 61.0 Å². The maximum absolute atomic E-state index is 13.0. The molecule has 0 unspecified atom stereocenters. The molecule has 1 heterocycles. The van der Waals surface area contributed by atoms with E-state index in [0.717, 1.165) is 11.1 Å². The topological polar surface area (TPSA) is 116 Å². The zero-order chi connectivity index (χ0) is 24.7. The maximum atomic E-state index is 13.0. The smallest absolute Gasteiger partial charge is 0.434 e. The molecule has 0 bridgehead atoms. The number of carboxylic acid groups (broad SMARTS) is 1. The lowest BCUT2D eigenvalue weighted by atomic mass is 10.1. The molecule has 0 aliphatic carbocycles. The number of aryl methyl sites for hydroxylation is 1. The Morgan fingerprint density at radius 3 is 2.26 bits per heavy atom. The van der Waals surface area contributed by atoms with Gasteiger partial charge in [-0.15, -0.1) is 4.99 Å². The van der Waals surface area contributed by atoms with Gasteiger partial charge in [-0.2, -0.15) is 0 Å². The van der Waals surface area contributed by atoms with Crippen LogP contribution >= 0.6 is 0 Å². The van der Waals surface area contributed by atoms with Crippen molar-refractivity contribution >= 4 is 12.0 Å². The van der Waals surface area contributed by atoms with Crippen LogP contribution in [0.1, 0.15) is 28.4 Å². The normalized spacial score (nSPS) is 11.2. The van der Waals surface area contributed by atoms with Crippen LogP contribution in [-0.2, 0) is 20.1 Å². The van der Waals surface area contributed by atoms with Gasteiger partial charge in [-0.05, 0) is 48.4 Å². The molecule has 34 heavy (non-hydrogen) atoms. The molecule has 0 aliphatic heterocycles. The largest absolute Gasteiger partial charge is 0.497 e. The number of imidazole rings is 1. The number of nitrogens with one attached hydrogen (secondary N) is 1. The molecule has 180 valence electrons. The summed E-state index contributed by atoms with van der Waals surface area (Å²) in [6.07, 6.45) is 2.16. The summed E-state index contributed by atoms with van der Waals surface area (Å²) in [5.41, 5.74) is 2.28. The second-order valence-corrected chi connectivity index (χ2v) is 7.43. The predicted molar refractivity (Wildman–Crippen MR) is 124 cm³/mol. The molecule has 3 aromatic rings. The fourth-order valence-electron chi connectivity index (χ4n) is 3.45. The number of ether oxygens (including phenoxy) is 3. The highest BCUT2D eigenvalue weighted by molar-refractivity contribution is 5.94. The minimum Gasteiger partial charge on any atom is -0.497 e. The molecule has 2 N–H and O–H groups in total. The van der Waals surface area contributed by atoms with Crippen molar-refractivity contribution in [3.8, 4) is 17.2 Å². The maximum Gasteiger partial charge on any atom is 0.434 e. The second-order valence-electron chi connectivity index (χ2n) is 7.43. The van der Waals surface area contributed by atoms with Gasteiger partial charge in [0.25, 0.3) is 5.91 Å². The lowest BCUT2D eigenvalue weighted by molar-refractivity contribution is 0.0950. The van der Waals surface area contributed by atoms with Gasteiger partial charge < -0.3 is 33.8 Å². The van der Waals surface area contributed by atoms with E-state index in [1.165, 1.54) is 0 Å². The van der Waals surface area contributed by atoms with E-state index in [9.17, 15) is 9.59 Å². The van der Waals surface area contributed by atoms with Gasteiger partial charge in [0.2, 0.25) is 5.62 Å². The quantitative estimate of drug-likeness (QED) is 0.499. The molecule has 0 spiro atoms. The van der Waals surface area contributed by atoms with E-state index in [0.29, 0.717) is 36.0 Å². The summed E-state index contributed by atoms with van der Waals surface area (Å²) >= 11 is 0. The van der Waals surface area contributed by atoms with Gasteiger partial charge in [-0.3, -0.25) is 4.79 Å². The summed E-state index contributed by atoms with van der Waals surface area (Å²) in [5, 5.41) is 12.0. The van der Waals surface area contributed by atoms with E-state index >= 15 is 0 Å². The Hall–Kier alpha value is -4.21. The number of benzene rings is 2. The first-order valence-corrected chi connectivity index (χ1v) is 10.6. The van der Waals surface area contributed by atoms with Crippen LogP contribution in [0, 0.1) is 0 Å². The van der Waals surface area contributed by atoms with Crippen LogP contribution in [0.3, 0.4) is 0 Å². The lowest BCUT2D eigenvalue weighted by Gasteiger charge is -2.12. The Morgan fingerprint density at radius 1 is 0.971 bits per heavy atom. The summed E-state index contributed by atoms with van der Waals surface area (Å²) < 4.78 is 19.5. The van der Waals surface area contributed by atoms with E-state index in [2.05, 4.69) is 10.3 Å². The van der Waals surface area contributed by atoms with Crippen LogP contribution in [0.2, 0.25) is 0 Å². The highest BCUT2D eigenvalue weighted by Crippen LogP contribution is 2.23. The molecular weight excluding hydrogens is 440 g/mol. The molecule has 2 amide bonds. The number of nitrogens with zero attached hydrogens (tertiary/aromatic N) is 3. The summed E-state index contributed by atoms with van der Waals surface area (Å²) in [4.78, 5) is 27.7. The standard InChI is InChI=1S/C24H28N4O6/c1-5-34-21-11-17(15-28-7-6-27(2)23(28)26-24(30)31)8-18(12-21)22(29)25-14-16-9-19(32-3)13-20(10-16)33-4/h6-13H,5,14-15H2,1-4H3,(H,25,29)(H,30,31). The number of aromatic nitrogens is 2. The van der Waals surface area contributed by atoms with E-state index in [-0.39, 0.29) is 18.1 Å². The van der Waals surface area contributed by atoms with Crippen LogP contribution < -0.4 is 25.1 Å².